The van der Waals surface area contributed by atoms with Crippen molar-refractivity contribution in [3.8, 4) is 0 Å². The zero-order valence-corrected chi connectivity index (χ0v) is 12.4. The number of rotatable bonds is 5. The Hall–Kier alpha value is -1.59. The molecule has 1 N–H and O–H groups in total. The van der Waals surface area contributed by atoms with E-state index in [0.717, 1.165) is 13.1 Å². The van der Waals surface area contributed by atoms with Crippen molar-refractivity contribution in [2.45, 2.75) is 19.8 Å². The summed E-state index contributed by atoms with van der Waals surface area (Å²) in [5.74, 6) is -0.125. The third-order valence-corrected chi connectivity index (χ3v) is 3.31. The van der Waals surface area contributed by atoms with Crippen LogP contribution < -0.4 is 5.32 Å². The average molecular weight is 289 g/mol. The molecule has 1 saturated heterocycles. The Morgan fingerprint density at radius 3 is 2.80 bits per heavy atom. The molecule has 0 unspecified atom stereocenters. The van der Waals surface area contributed by atoms with Gasteiger partial charge in [0.05, 0.1) is 17.9 Å². The van der Waals surface area contributed by atoms with Gasteiger partial charge in [-0.25, -0.2) is 0 Å². The highest BCUT2D eigenvalue weighted by atomic mass is 32.1. The molecular weight excluding hydrogens is 270 g/mol. The Kier molecular flexibility index (Phi) is 5.38. The maximum Gasteiger partial charge on any atom is 0.254 e. The summed E-state index contributed by atoms with van der Waals surface area (Å²) in [7, 11) is 0. The lowest BCUT2D eigenvalue weighted by Gasteiger charge is -2.16. The Balaban J connectivity index is 2.06. The van der Waals surface area contributed by atoms with Gasteiger partial charge in [-0.1, -0.05) is 18.3 Å². The van der Waals surface area contributed by atoms with Crippen LogP contribution in [-0.2, 0) is 4.79 Å². The number of nitrogens with zero attached hydrogens (tertiary/aromatic N) is 2. The molecule has 1 amide bonds. The van der Waals surface area contributed by atoms with Gasteiger partial charge in [-0.15, -0.1) is 0 Å². The molecule has 1 aliphatic heterocycles. The van der Waals surface area contributed by atoms with Crippen LogP contribution in [0.15, 0.2) is 30.5 Å². The fourth-order valence-electron chi connectivity index (χ4n) is 2.20. The third kappa shape index (κ3) is 4.21. The van der Waals surface area contributed by atoms with Gasteiger partial charge in [0.2, 0.25) is 0 Å². The van der Waals surface area contributed by atoms with Crippen LogP contribution in [0, 0.1) is 0 Å². The van der Waals surface area contributed by atoms with Crippen LogP contribution in [0.2, 0.25) is 0 Å². The van der Waals surface area contributed by atoms with Gasteiger partial charge in [0.25, 0.3) is 5.91 Å². The molecule has 20 heavy (non-hydrogen) atoms. The van der Waals surface area contributed by atoms with Crippen LogP contribution in [0.3, 0.4) is 0 Å². The number of likely N-dealkylation sites (tertiary alicyclic amines) is 1. The summed E-state index contributed by atoms with van der Waals surface area (Å²) in [4.78, 5) is 19.5. The van der Waals surface area contributed by atoms with E-state index in [4.69, 9.17) is 12.2 Å². The van der Waals surface area contributed by atoms with Gasteiger partial charge in [-0.3, -0.25) is 14.7 Å². The second-order valence-electron chi connectivity index (χ2n) is 4.87. The number of hydrogen-bond donors (Lipinski definition) is 1. The molecule has 0 aromatic carbocycles. The lowest BCUT2D eigenvalue weighted by atomic mass is 10.1. The summed E-state index contributed by atoms with van der Waals surface area (Å²) in [6.45, 7) is 4.48. The molecular formula is C15H19N3OS. The fourth-order valence-corrected chi connectivity index (χ4v) is 2.32. The van der Waals surface area contributed by atoms with Gasteiger partial charge in [0, 0.05) is 11.1 Å². The van der Waals surface area contributed by atoms with Crippen molar-refractivity contribution in [2.24, 2.45) is 0 Å². The Bertz CT molecular complexity index is 507. The Morgan fingerprint density at radius 1 is 1.45 bits per heavy atom. The van der Waals surface area contributed by atoms with Crippen LogP contribution >= 0.6 is 12.2 Å². The van der Waals surface area contributed by atoms with Crippen molar-refractivity contribution >= 4 is 28.6 Å². The van der Waals surface area contributed by atoms with Crippen molar-refractivity contribution < 1.29 is 4.79 Å². The van der Waals surface area contributed by atoms with Crippen LogP contribution in [-0.4, -0.2) is 40.4 Å². The smallest absolute Gasteiger partial charge is 0.254 e. The van der Waals surface area contributed by atoms with E-state index in [1.165, 1.54) is 12.8 Å². The lowest BCUT2D eigenvalue weighted by molar-refractivity contribution is -0.116. The molecule has 1 fully saturated rings. The quantitative estimate of drug-likeness (QED) is 0.665. The molecule has 5 heteroatoms. The van der Waals surface area contributed by atoms with Gasteiger partial charge in [-0.2, -0.15) is 0 Å². The molecule has 4 nitrogen and oxygen atoms in total. The van der Waals surface area contributed by atoms with Gasteiger partial charge in [0.15, 0.2) is 0 Å². The van der Waals surface area contributed by atoms with E-state index in [9.17, 15) is 4.79 Å². The Morgan fingerprint density at radius 2 is 2.20 bits per heavy atom. The van der Waals surface area contributed by atoms with E-state index in [1.54, 1.807) is 19.2 Å². The van der Waals surface area contributed by atoms with Crippen LogP contribution in [0.25, 0.3) is 5.57 Å². The number of carbonyl (C=O) groups excluding carboxylic acids is 1. The summed E-state index contributed by atoms with van der Waals surface area (Å²) in [5, 5.41) is 2.95. The van der Waals surface area contributed by atoms with Crippen LogP contribution in [0.1, 0.15) is 25.5 Å². The molecule has 0 spiro atoms. The topological polar surface area (TPSA) is 45.2 Å². The molecule has 2 rings (SSSR count). The first-order valence-corrected chi connectivity index (χ1v) is 7.22. The highest BCUT2D eigenvalue weighted by molar-refractivity contribution is 7.80. The number of allylic oxidation sites excluding steroid dienone is 1. The zero-order chi connectivity index (χ0) is 14.4. The minimum absolute atomic E-state index is 0.125. The molecule has 1 aromatic rings. The molecule has 0 bridgehead atoms. The number of pyridine rings is 1. The molecule has 0 saturated carbocycles. The fraction of sp³-hybridized carbons (Fsp3) is 0.400. The average Bonchev–Trinajstić information content (AvgIpc) is 2.96. The van der Waals surface area contributed by atoms with Gasteiger partial charge >= 0.3 is 0 Å². The van der Waals surface area contributed by atoms with Crippen LogP contribution in [0.5, 0.6) is 0 Å². The minimum atomic E-state index is -0.125. The normalized spacial score (nSPS) is 16.1. The predicted octanol–water partition coefficient (Wildman–Crippen LogP) is 2.02. The summed E-state index contributed by atoms with van der Waals surface area (Å²) < 4.78 is 0. The minimum Gasteiger partial charge on any atom is -0.339 e. The summed E-state index contributed by atoms with van der Waals surface area (Å²) >= 11 is 5.09. The van der Waals surface area contributed by atoms with E-state index < -0.39 is 0 Å². The number of aromatic nitrogens is 1. The highest BCUT2D eigenvalue weighted by Crippen LogP contribution is 2.12. The van der Waals surface area contributed by atoms with Crippen molar-refractivity contribution in [3.63, 3.8) is 0 Å². The van der Waals surface area contributed by atoms with E-state index >= 15 is 0 Å². The first-order valence-electron chi connectivity index (χ1n) is 6.81. The lowest BCUT2D eigenvalue weighted by Crippen LogP contribution is -2.36. The molecule has 1 aliphatic rings. The van der Waals surface area contributed by atoms with Gasteiger partial charge in [-0.05, 0) is 51.1 Å². The Labute approximate surface area is 124 Å². The highest BCUT2D eigenvalue weighted by Gasteiger charge is 2.16. The second-order valence-corrected chi connectivity index (χ2v) is 5.52. The molecule has 0 atom stereocenters. The molecule has 2 heterocycles. The summed E-state index contributed by atoms with van der Waals surface area (Å²) in [6, 6.07) is 5.51. The first kappa shape index (κ1) is 14.8. The van der Waals surface area contributed by atoms with Crippen molar-refractivity contribution in [2.75, 3.05) is 19.8 Å². The van der Waals surface area contributed by atoms with Crippen molar-refractivity contribution in [1.82, 2.24) is 15.2 Å². The first-order chi connectivity index (χ1) is 9.66. The second kappa shape index (κ2) is 7.26. The number of carbonyl (C=O) groups is 1. The number of thiocarbonyl (C=S) groups is 1. The standard InChI is InChI=1S/C15H19N3OS/c1-12(20)10-13(14-6-2-3-7-16-14)15(19)17-11-18-8-4-5-9-18/h2-3,6-7,10H,4-5,8-9,11H2,1H3,(H,17,19). The van der Waals surface area contributed by atoms with E-state index in [-0.39, 0.29) is 5.91 Å². The van der Waals surface area contributed by atoms with Gasteiger partial charge < -0.3 is 5.32 Å². The number of amides is 1. The predicted molar refractivity (Wildman–Crippen MR) is 84.3 cm³/mol. The van der Waals surface area contributed by atoms with Gasteiger partial charge in [0.1, 0.15) is 0 Å². The third-order valence-electron chi connectivity index (χ3n) is 3.19. The molecule has 106 valence electrons. The molecule has 0 radical (unpaired) electrons. The van der Waals surface area contributed by atoms with Crippen LogP contribution in [0.4, 0.5) is 0 Å². The summed E-state index contributed by atoms with van der Waals surface area (Å²) in [6.07, 6.45) is 5.79. The zero-order valence-electron chi connectivity index (χ0n) is 11.6. The van der Waals surface area contributed by atoms with Crippen molar-refractivity contribution in [3.05, 3.63) is 36.2 Å². The van der Waals surface area contributed by atoms with E-state index in [1.807, 2.05) is 18.2 Å². The number of nitrogens with one attached hydrogen (secondary N) is 1. The van der Waals surface area contributed by atoms with Crippen molar-refractivity contribution in [1.29, 1.82) is 0 Å². The van der Waals surface area contributed by atoms with E-state index in [2.05, 4.69) is 15.2 Å². The number of hydrogen-bond acceptors (Lipinski definition) is 4. The molecule has 0 aliphatic carbocycles. The summed E-state index contributed by atoms with van der Waals surface area (Å²) in [5.41, 5.74) is 1.17. The SMILES string of the molecule is CC(=S)C=C(C(=O)NCN1CCCC1)c1ccccn1. The van der Waals surface area contributed by atoms with E-state index in [0.29, 0.717) is 22.8 Å². The maximum atomic E-state index is 12.3. The largest absolute Gasteiger partial charge is 0.339 e. The maximum absolute atomic E-state index is 12.3. The monoisotopic (exact) mass is 289 g/mol. The molecule has 1 aromatic heterocycles.